The van der Waals surface area contributed by atoms with Gasteiger partial charge in [0.15, 0.2) is 0 Å². The van der Waals surface area contributed by atoms with Crippen molar-refractivity contribution in [1.82, 2.24) is 15.5 Å². The zero-order chi connectivity index (χ0) is 12.5. The molecule has 1 aliphatic rings. The summed E-state index contributed by atoms with van der Waals surface area (Å²) in [5.74, 6) is 0. The van der Waals surface area contributed by atoms with Gasteiger partial charge in [-0.2, -0.15) is 0 Å². The highest BCUT2D eigenvalue weighted by Crippen LogP contribution is 2.08. The van der Waals surface area contributed by atoms with Crippen molar-refractivity contribution < 1.29 is 4.79 Å². The van der Waals surface area contributed by atoms with Gasteiger partial charge in [0.05, 0.1) is 0 Å². The third-order valence-electron chi connectivity index (χ3n) is 3.17. The molecule has 2 N–H and O–H groups in total. The van der Waals surface area contributed by atoms with E-state index in [1.807, 2.05) is 0 Å². The Hall–Kier alpha value is -0.770. The maximum absolute atomic E-state index is 11.5. The summed E-state index contributed by atoms with van der Waals surface area (Å²) in [6.07, 6.45) is 6.12. The van der Waals surface area contributed by atoms with Gasteiger partial charge < -0.3 is 15.5 Å². The van der Waals surface area contributed by atoms with E-state index in [0.717, 1.165) is 25.9 Å². The van der Waals surface area contributed by atoms with E-state index in [4.69, 9.17) is 0 Å². The summed E-state index contributed by atoms with van der Waals surface area (Å²) in [7, 11) is 0. The quantitative estimate of drug-likeness (QED) is 0.698. The Balaban J connectivity index is 2.10. The first-order chi connectivity index (χ1) is 8.22. The lowest BCUT2D eigenvalue weighted by atomic mass is 10.1. The smallest absolute Gasteiger partial charge is 0.315 e. The summed E-state index contributed by atoms with van der Waals surface area (Å²) < 4.78 is 0. The molecule has 0 aromatic heterocycles. The summed E-state index contributed by atoms with van der Waals surface area (Å²) in [6, 6.07) is 0.206. The molecule has 2 amide bonds. The van der Waals surface area contributed by atoms with Crippen molar-refractivity contribution in [1.29, 1.82) is 0 Å². The second-order valence-corrected chi connectivity index (χ2v) is 5.02. The molecule has 0 spiro atoms. The molecule has 1 aliphatic heterocycles. The summed E-state index contributed by atoms with van der Waals surface area (Å²) >= 11 is 0. The number of rotatable bonds is 6. The molecule has 1 fully saturated rings. The molecular weight excluding hydrogens is 214 g/mol. The molecule has 0 aliphatic carbocycles. The van der Waals surface area contributed by atoms with Crippen LogP contribution in [0.1, 0.15) is 46.0 Å². The minimum Gasteiger partial charge on any atom is -0.338 e. The van der Waals surface area contributed by atoms with Gasteiger partial charge in [-0.1, -0.05) is 19.8 Å². The fraction of sp³-hybridized carbons (Fsp3) is 0.923. The number of nitrogens with zero attached hydrogens (tertiary/aromatic N) is 1. The number of amides is 2. The second-order valence-electron chi connectivity index (χ2n) is 5.02. The van der Waals surface area contributed by atoms with Crippen LogP contribution in [0.3, 0.4) is 0 Å². The van der Waals surface area contributed by atoms with E-state index in [-0.39, 0.29) is 12.1 Å². The number of piperidine rings is 1. The maximum Gasteiger partial charge on any atom is 0.315 e. The van der Waals surface area contributed by atoms with Gasteiger partial charge in [-0.15, -0.1) is 0 Å². The van der Waals surface area contributed by atoms with Gasteiger partial charge in [0.2, 0.25) is 0 Å². The zero-order valence-electron chi connectivity index (χ0n) is 11.3. The van der Waals surface area contributed by atoms with Crippen LogP contribution in [0.15, 0.2) is 0 Å². The first-order valence-corrected chi connectivity index (χ1v) is 6.99. The van der Waals surface area contributed by atoms with Gasteiger partial charge in [0.1, 0.15) is 0 Å². The maximum atomic E-state index is 11.5. The average Bonchev–Trinajstić information content (AvgIpc) is 2.30. The van der Waals surface area contributed by atoms with Crippen LogP contribution in [-0.4, -0.2) is 43.2 Å². The summed E-state index contributed by atoms with van der Waals surface area (Å²) in [5, 5.41) is 5.88. The Kier molecular flexibility index (Phi) is 7.01. The summed E-state index contributed by atoms with van der Waals surface area (Å²) in [6.45, 7) is 8.32. The number of carbonyl (C=O) groups is 1. The van der Waals surface area contributed by atoms with Crippen LogP contribution in [0.4, 0.5) is 4.79 Å². The van der Waals surface area contributed by atoms with Gasteiger partial charge in [-0.25, -0.2) is 4.79 Å². The molecule has 17 heavy (non-hydrogen) atoms. The largest absolute Gasteiger partial charge is 0.338 e. The lowest BCUT2D eigenvalue weighted by Gasteiger charge is -2.29. The number of likely N-dealkylation sites (tertiary alicyclic amines) is 1. The van der Waals surface area contributed by atoms with Crippen LogP contribution in [0.2, 0.25) is 0 Å². The molecule has 1 unspecified atom stereocenters. The average molecular weight is 241 g/mol. The standard InChI is InChI=1S/C13H27N3O/c1-3-4-8-14-13(17)15-12(2)11-16-9-6-5-7-10-16/h12H,3-11H2,1-2H3,(H2,14,15,17). The van der Waals surface area contributed by atoms with Gasteiger partial charge in [-0.05, 0) is 39.3 Å². The van der Waals surface area contributed by atoms with Crippen molar-refractivity contribution in [3.05, 3.63) is 0 Å². The van der Waals surface area contributed by atoms with E-state index in [0.29, 0.717) is 0 Å². The fourth-order valence-electron chi connectivity index (χ4n) is 2.23. The number of hydrogen-bond donors (Lipinski definition) is 2. The molecule has 0 saturated carbocycles. The van der Waals surface area contributed by atoms with E-state index in [1.54, 1.807) is 0 Å². The van der Waals surface area contributed by atoms with Crippen LogP contribution in [-0.2, 0) is 0 Å². The molecule has 100 valence electrons. The molecule has 4 heteroatoms. The Morgan fingerprint density at radius 3 is 2.65 bits per heavy atom. The Labute approximate surface area is 105 Å². The number of urea groups is 1. The van der Waals surface area contributed by atoms with Gasteiger partial charge in [0, 0.05) is 19.1 Å². The number of hydrogen-bond acceptors (Lipinski definition) is 2. The van der Waals surface area contributed by atoms with Crippen LogP contribution < -0.4 is 10.6 Å². The van der Waals surface area contributed by atoms with E-state index < -0.39 is 0 Å². The predicted octanol–water partition coefficient (Wildman–Crippen LogP) is 1.96. The molecular formula is C13H27N3O. The zero-order valence-corrected chi connectivity index (χ0v) is 11.3. The molecule has 1 rings (SSSR count). The minimum atomic E-state index is -0.0250. The predicted molar refractivity (Wildman–Crippen MR) is 71.2 cm³/mol. The minimum absolute atomic E-state index is 0.0250. The second kappa shape index (κ2) is 8.34. The Morgan fingerprint density at radius 2 is 2.00 bits per heavy atom. The normalized spacial score (nSPS) is 18.7. The lowest BCUT2D eigenvalue weighted by molar-refractivity contribution is 0.203. The highest BCUT2D eigenvalue weighted by atomic mass is 16.2. The van der Waals surface area contributed by atoms with Crippen molar-refractivity contribution in [2.24, 2.45) is 0 Å². The molecule has 0 aromatic carbocycles. The number of carbonyl (C=O) groups excluding carboxylic acids is 1. The fourth-order valence-corrected chi connectivity index (χ4v) is 2.23. The van der Waals surface area contributed by atoms with Crippen molar-refractivity contribution >= 4 is 6.03 Å². The third-order valence-corrected chi connectivity index (χ3v) is 3.17. The first-order valence-electron chi connectivity index (χ1n) is 6.99. The van der Waals surface area contributed by atoms with E-state index >= 15 is 0 Å². The highest BCUT2D eigenvalue weighted by molar-refractivity contribution is 5.74. The van der Waals surface area contributed by atoms with Crippen LogP contribution in [0.5, 0.6) is 0 Å². The topological polar surface area (TPSA) is 44.4 Å². The lowest BCUT2D eigenvalue weighted by Crippen LogP contribution is -2.47. The number of unbranched alkanes of at least 4 members (excludes halogenated alkanes) is 1. The highest BCUT2D eigenvalue weighted by Gasteiger charge is 2.14. The third kappa shape index (κ3) is 6.51. The molecule has 0 radical (unpaired) electrons. The number of nitrogens with one attached hydrogen (secondary N) is 2. The van der Waals surface area contributed by atoms with Crippen LogP contribution >= 0.6 is 0 Å². The molecule has 4 nitrogen and oxygen atoms in total. The van der Waals surface area contributed by atoms with Gasteiger partial charge in [-0.3, -0.25) is 0 Å². The van der Waals surface area contributed by atoms with Crippen molar-refractivity contribution in [2.75, 3.05) is 26.2 Å². The van der Waals surface area contributed by atoms with Crippen LogP contribution in [0.25, 0.3) is 0 Å². The van der Waals surface area contributed by atoms with E-state index in [9.17, 15) is 4.79 Å². The molecule has 0 bridgehead atoms. The van der Waals surface area contributed by atoms with Gasteiger partial charge >= 0.3 is 6.03 Å². The molecule has 1 saturated heterocycles. The summed E-state index contributed by atoms with van der Waals surface area (Å²) in [5.41, 5.74) is 0. The van der Waals surface area contributed by atoms with E-state index in [1.165, 1.54) is 32.4 Å². The summed E-state index contributed by atoms with van der Waals surface area (Å²) in [4.78, 5) is 14.0. The first kappa shape index (κ1) is 14.3. The van der Waals surface area contributed by atoms with Crippen molar-refractivity contribution in [3.63, 3.8) is 0 Å². The SMILES string of the molecule is CCCCNC(=O)NC(C)CN1CCCCC1. The van der Waals surface area contributed by atoms with Crippen molar-refractivity contribution in [2.45, 2.75) is 52.0 Å². The molecule has 0 aromatic rings. The van der Waals surface area contributed by atoms with Crippen molar-refractivity contribution in [3.8, 4) is 0 Å². The molecule has 1 heterocycles. The molecule has 1 atom stereocenters. The Morgan fingerprint density at radius 1 is 1.29 bits per heavy atom. The Bertz CT molecular complexity index is 215. The monoisotopic (exact) mass is 241 g/mol. The van der Waals surface area contributed by atoms with Gasteiger partial charge in [0.25, 0.3) is 0 Å². The van der Waals surface area contributed by atoms with Crippen LogP contribution in [0, 0.1) is 0 Å². The van der Waals surface area contributed by atoms with E-state index in [2.05, 4.69) is 29.4 Å².